The first-order valence-corrected chi connectivity index (χ1v) is 5.34. The first-order chi connectivity index (χ1) is 7.74. The molecule has 0 aliphatic carbocycles. The zero-order valence-corrected chi connectivity index (χ0v) is 9.61. The molecule has 1 aromatic rings. The average molecular weight is 218 g/mol. The van der Waals surface area contributed by atoms with E-state index < -0.39 is 0 Å². The molecule has 84 valence electrons. The summed E-state index contributed by atoms with van der Waals surface area (Å²) in [5, 5.41) is 0. The Hall–Kier alpha value is -1.48. The van der Waals surface area contributed by atoms with Gasteiger partial charge >= 0.3 is 0 Å². The van der Waals surface area contributed by atoms with Crippen LogP contribution in [0, 0.1) is 0 Å². The monoisotopic (exact) mass is 218 g/mol. The van der Waals surface area contributed by atoms with Crippen LogP contribution in [0.5, 0.6) is 11.5 Å². The fourth-order valence-electron chi connectivity index (χ4n) is 2.50. The van der Waals surface area contributed by atoms with Gasteiger partial charge in [-0.1, -0.05) is 0 Å². The van der Waals surface area contributed by atoms with Crippen molar-refractivity contribution in [3.63, 3.8) is 0 Å². The highest BCUT2D eigenvalue weighted by Gasteiger charge is 2.40. The summed E-state index contributed by atoms with van der Waals surface area (Å²) in [6, 6.07) is 3.95. The van der Waals surface area contributed by atoms with E-state index >= 15 is 0 Å². The molecule has 0 saturated heterocycles. The Kier molecular flexibility index (Phi) is 1.98. The molecule has 0 saturated carbocycles. The third kappa shape index (κ3) is 1.12. The van der Waals surface area contributed by atoms with Gasteiger partial charge in [0.1, 0.15) is 23.7 Å². The number of methoxy groups -OCH3 is 2. The van der Waals surface area contributed by atoms with Gasteiger partial charge in [0.05, 0.1) is 14.2 Å². The number of rotatable bonds is 2. The average Bonchev–Trinajstić information content (AvgIpc) is 2.85. The molecule has 0 amide bonds. The summed E-state index contributed by atoms with van der Waals surface area (Å²) >= 11 is 0. The molecule has 2 heterocycles. The maximum atomic E-state index is 5.87. The molecule has 1 aromatic carbocycles. The fraction of sp³-hybridized carbons (Fsp3) is 0.385. The predicted molar refractivity (Wildman–Crippen MR) is 59.9 cm³/mol. The highest BCUT2D eigenvalue weighted by Crippen LogP contribution is 2.53. The maximum Gasteiger partial charge on any atom is 0.129 e. The summed E-state index contributed by atoms with van der Waals surface area (Å²) in [5.41, 5.74) is 3.60. The van der Waals surface area contributed by atoms with Crippen LogP contribution >= 0.6 is 0 Å². The van der Waals surface area contributed by atoms with Crippen molar-refractivity contribution in [2.45, 2.75) is 19.1 Å². The second-order valence-corrected chi connectivity index (χ2v) is 4.18. The molecule has 16 heavy (non-hydrogen) atoms. The van der Waals surface area contributed by atoms with Gasteiger partial charge in [-0.05, 0) is 30.2 Å². The topological polar surface area (TPSA) is 27.7 Å². The Morgan fingerprint density at radius 3 is 2.69 bits per heavy atom. The van der Waals surface area contributed by atoms with E-state index in [4.69, 9.17) is 14.2 Å². The summed E-state index contributed by atoms with van der Waals surface area (Å²) in [4.78, 5) is 0. The molecule has 2 aliphatic rings. The van der Waals surface area contributed by atoms with Crippen LogP contribution in [0.25, 0.3) is 0 Å². The maximum absolute atomic E-state index is 5.87. The van der Waals surface area contributed by atoms with Gasteiger partial charge in [-0.15, -0.1) is 0 Å². The van der Waals surface area contributed by atoms with Crippen LogP contribution in [0.3, 0.4) is 0 Å². The zero-order chi connectivity index (χ0) is 11.3. The van der Waals surface area contributed by atoms with Crippen LogP contribution in [0.2, 0.25) is 0 Å². The molecule has 0 fully saturated rings. The molecule has 3 heteroatoms. The van der Waals surface area contributed by atoms with E-state index in [1.54, 1.807) is 14.2 Å². The van der Waals surface area contributed by atoms with Crippen molar-refractivity contribution >= 4 is 0 Å². The van der Waals surface area contributed by atoms with Crippen LogP contribution in [0.15, 0.2) is 23.8 Å². The van der Waals surface area contributed by atoms with Crippen molar-refractivity contribution in [3.8, 4) is 11.5 Å². The summed E-state index contributed by atoms with van der Waals surface area (Å²) in [6.07, 6.45) is 2.30. The molecule has 2 unspecified atom stereocenters. The van der Waals surface area contributed by atoms with E-state index in [0.29, 0.717) is 0 Å². The lowest BCUT2D eigenvalue weighted by atomic mass is 9.91. The van der Waals surface area contributed by atoms with Crippen molar-refractivity contribution in [2.75, 3.05) is 14.2 Å². The van der Waals surface area contributed by atoms with Crippen molar-refractivity contribution < 1.29 is 14.2 Å². The second kappa shape index (κ2) is 3.25. The number of hydrogen-bond acceptors (Lipinski definition) is 3. The van der Waals surface area contributed by atoms with Crippen molar-refractivity contribution in [1.82, 2.24) is 0 Å². The first-order valence-electron chi connectivity index (χ1n) is 5.34. The van der Waals surface area contributed by atoms with Gasteiger partial charge in [0.25, 0.3) is 0 Å². The van der Waals surface area contributed by atoms with Gasteiger partial charge < -0.3 is 14.2 Å². The molecular formula is C13H14O3. The lowest BCUT2D eigenvalue weighted by molar-refractivity contribution is 0.0824. The van der Waals surface area contributed by atoms with Crippen molar-refractivity contribution in [2.24, 2.45) is 0 Å². The lowest BCUT2D eigenvalue weighted by Crippen LogP contribution is -2.01. The Bertz CT molecular complexity index is 476. The Morgan fingerprint density at radius 2 is 2.00 bits per heavy atom. The van der Waals surface area contributed by atoms with E-state index in [9.17, 15) is 0 Å². The van der Waals surface area contributed by atoms with Gasteiger partial charge in [-0.3, -0.25) is 0 Å². The third-order valence-corrected chi connectivity index (χ3v) is 3.28. The standard InChI is InChI=1S/C13H14O3/c1-7-4-10-9-5-8(14-2)6-11(15-3)12(9)13(7)16-10/h4-6,10,13H,1-3H3. The summed E-state index contributed by atoms with van der Waals surface area (Å²) in [6.45, 7) is 2.09. The van der Waals surface area contributed by atoms with Crippen LogP contribution < -0.4 is 9.47 Å². The first kappa shape index (κ1) is 9.73. The van der Waals surface area contributed by atoms with Gasteiger partial charge in [0.15, 0.2) is 0 Å². The quantitative estimate of drug-likeness (QED) is 0.714. The summed E-state index contributed by atoms with van der Waals surface area (Å²) in [7, 11) is 3.34. The van der Waals surface area contributed by atoms with E-state index in [2.05, 4.69) is 13.0 Å². The third-order valence-electron chi connectivity index (χ3n) is 3.28. The van der Waals surface area contributed by atoms with Crippen LogP contribution in [-0.4, -0.2) is 14.2 Å². The molecule has 2 aliphatic heterocycles. The Labute approximate surface area is 94.6 Å². The van der Waals surface area contributed by atoms with Crippen LogP contribution in [0.4, 0.5) is 0 Å². The minimum atomic E-state index is 0.0702. The minimum Gasteiger partial charge on any atom is -0.497 e. The molecule has 3 nitrogen and oxygen atoms in total. The Morgan fingerprint density at radius 1 is 1.19 bits per heavy atom. The smallest absolute Gasteiger partial charge is 0.129 e. The highest BCUT2D eigenvalue weighted by molar-refractivity contribution is 5.56. The van der Waals surface area contributed by atoms with E-state index in [1.807, 2.05) is 12.1 Å². The van der Waals surface area contributed by atoms with Gasteiger partial charge in [-0.2, -0.15) is 0 Å². The molecule has 2 atom stereocenters. The summed E-state index contributed by atoms with van der Waals surface area (Å²) in [5.74, 6) is 1.67. The second-order valence-electron chi connectivity index (χ2n) is 4.18. The van der Waals surface area contributed by atoms with E-state index in [1.165, 1.54) is 11.1 Å². The predicted octanol–water partition coefficient (Wildman–Crippen LogP) is 2.78. The molecule has 3 rings (SSSR count). The van der Waals surface area contributed by atoms with Gasteiger partial charge in [-0.25, -0.2) is 0 Å². The molecule has 0 N–H and O–H groups in total. The fourth-order valence-corrected chi connectivity index (χ4v) is 2.50. The van der Waals surface area contributed by atoms with Crippen LogP contribution in [0.1, 0.15) is 30.3 Å². The molecular weight excluding hydrogens is 204 g/mol. The van der Waals surface area contributed by atoms with Crippen LogP contribution in [-0.2, 0) is 4.74 Å². The van der Waals surface area contributed by atoms with E-state index in [-0.39, 0.29) is 12.2 Å². The number of hydrogen-bond donors (Lipinski definition) is 0. The number of benzene rings is 1. The molecule has 0 spiro atoms. The zero-order valence-electron chi connectivity index (χ0n) is 9.61. The highest BCUT2D eigenvalue weighted by atomic mass is 16.5. The largest absolute Gasteiger partial charge is 0.497 e. The molecule has 0 aromatic heterocycles. The Balaban J connectivity index is 2.19. The SMILES string of the molecule is COc1cc(OC)c2c(c1)C1C=C(C)C2O1. The molecule has 2 bridgehead atoms. The minimum absolute atomic E-state index is 0.0702. The van der Waals surface area contributed by atoms with Gasteiger partial charge in [0, 0.05) is 11.6 Å². The number of ether oxygens (including phenoxy) is 3. The number of fused-ring (bicyclic) bond motifs is 5. The molecule has 0 radical (unpaired) electrons. The van der Waals surface area contributed by atoms with Crippen molar-refractivity contribution in [3.05, 3.63) is 34.9 Å². The normalized spacial score (nSPS) is 25.3. The summed E-state index contributed by atoms with van der Waals surface area (Å²) < 4.78 is 16.5. The van der Waals surface area contributed by atoms with Crippen molar-refractivity contribution in [1.29, 1.82) is 0 Å². The van der Waals surface area contributed by atoms with E-state index in [0.717, 1.165) is 17.1 Å². The van der Waals surface area contributed by atoms with Gasteiger partial charge in [0.2, 0.25) is 0 Å². The lowest BCUT2D eigenvalue weighted by Gasteiger charge is -2.16.